The molecule has 0 spiro atoms. The maximum absolute atomic E-state index is 13.1. The van der Waals surface area contributed by atoms with Gasteiger partial charge in [-0.3, -0.25) is 4.79 Å². The molecule has 1 aromatic rings. The number of aliphatic hydroxyl groups is 1. The number of hydrogen-bond donors (Lipinski definition) is 2. The first-order chi connectivity index (χ1) is 7.49. The standard InChI is InChI=1S/C11H13F2NO2/c1-7(15)6-14-11(16)4-8-2-3-9(12)5-10(8)13/h2-3,5,7,15H,4,6H2,1H3,(H,14,16)/t7-/m0/s1. The molecule has 1 atom stereocenters. The van der Waals surface area contributed by atoms with Gasteiger partial charge in [-0.05, 0) is 18.6 Å². The van der Waals surface area contributed by atoms with Gasteiger partial charge in [0.2, 0.25) is 5.91 Å². The van der Waals surface area contributed by atoms with Crippen LogP contribution in [0.25, 0.3) is 0 Å². The molecule has 0 aliphatic heterocycles. The van der Waals surface area contributed by atoms with Gasteiger partial charge in [0.1, 0.15) is 11.6 Å². The zero-order valence-electron chi connectivity index (χ0n) is 8.84. The number of aliphatic hydroxyl groups excluding tert-OH is 1. The highest BCUT2D eigenvalue weighted by atomic mass is 19.1. The number of halogens is 2. The summed E-state index contributed by atoms with van der Waals surface area (Å²) in [5.74, 6) is -1.83. The minimum atomic E-state index is -0.743. The van der Waals surface area contributed by atoms with Crippen molar-refractivity contribution in [3.8, 4) is 0 Å². The van der Waals surface area contributed by atoms with Gasteiger partial charge in [-0.25, -0.2) is 8.78 Å². The minimum absolute atomic E-state index is 0.113. The number of rotatable bonds is 4. The van der Waals surface area contributed by atoms with Crippen LogP contribution in [0.4, 0.5) is 8.78 Å². The summed E-state index contributed by atoms with van der Waals surface area (Å²) in [6.07, 6.45) is -0.819. The molecule has 88 valence electrons. The number of nitrogens with one attached hydrogen (secondary N) is 1. The molecular weight excluding hydrogens is 216 g/mol. The first-order valence-corrected chi connectivity index (χ1v) is 4.87. The lowest BCUT2D eigenvalue weighted by Gasteiger charge is -2.07. The first-order valence-electron chi connectivity index (χ1n) is 4.87. The Balaban J connectivity index is 2.56. The molecule has 0 heterocycles. The molecule has 1 aromatic carbocycles. The first kappa shape index (κ1) is 12.6. The van der Waals surface area contributed by atoms with E-state index in [4.69, 9.17) is 5.11 Å². The van der Waals surface area contributed by atoms with Crippen molar-refractivity contribution in [2.45, 2.75) is 19.4 Å². The second kappa shape index (κ2) is 5.55. The predicted molar refractivity (Wildman–Crippen MR) is 54.8 cm³/mol. The Morgan fingerprint density at radius 3 is 2.75 bits per heavy atom. The summed E-state index contributed by atoms with van der Waals surface area (Å²) in [5, 5.41) is 11.3. The van der Waals surface area contributed by atoms with Crippen LogP contribution in [0.5, 0.6) is 0 Å². The van der Waals surface area contributed by atoms with Crippen LogP contribution < -0.4 is 5.32 Å². The van der Waals surface area contributed by atoms with E-state index in [-0.39, 0.29) is 18.5 Å². The van der Waals surface area contributed by atoms with E-state index in [2.05, 4.69) is 5.32 Å². The molecule has 0 bridgehead atoms. The molecule has 1 rings (SSSR count). The molecule has 1 amide bonds. The molecule has 3 nitrogen and oxygen atoms in total. The van der Waals surface area contributed by atoms with Gasteiger partial charge in [0.05, 0.1) is 12.5 Å². The van der Waals surface area contributed by atoms with Crippen LogP contribution in [0.2, 0.25) is 0 Å². The van der Waals surface area contributed by atoms with Crippen LogP contribution in [-0.4, -0.2) is 23.7 Å². The van der Waals surface area contributed by atoms with Crippen molar-refractivity contribution in [2.24, 2.45) is 0 Å². The van der Waals surface area contributed by atoms with E-state index in [1.54, 1.807) is 0 Å². The van der Waals surface area contributed by atoms with Crippen LogP contribution in [0.1, 0.15) is 12.5 Å². The average molecular weight is 229 g/mol. The van der Waals surface area contributed by atoms with E-state index in [1.165, 1.54) is 13.0 Å². The number of hydrogen-bond acceptors (Lipinski definition) is 2. The van der Waals surface area contributed by atoms with Gasteiger partial charge >= 0.3 is 0 Å². The van der Waals surface area contributed by atoms with Crippen molar-refractivity contribution >= 4 is 5.91 Å². The highest BCUT2D eigenvalue weighted by Gasteiger charge is 2.09. The van der Waals surface area contributed by atoms with E-state index in [0.29, 0.717) is 0 Å². The molecule has 0 aromatic heterocycles. The van der Waals surface area contributed by atoms with E-state index < -0.39 is 23.6 Å². The predicted octanol–water partition coefficient (Wildman–Crippen LogP) is 1.00. The molecule has 0 fully saturated rings. The maximum atomic E-state index is 13.1. The van der Waals surface area contributed by atoms with Crippen molar-refractivity contribution in [1.29, 1.82) is 0 Å². The van der Waals surface area contributed by atoms with Crippen molar-refractivity contribution in [3.63, 3.8) is 0 Å². The van der Waals surface area contributed by atoms with Gasteiger partial charge in [-0.15, -0.1) is 0 Å². The number of benzene rings is 1. The molecule has 5 heteroatoms. The summed E-state index contributed by atoms with van der Waals surface area (Å²) in [4.78, 5) is 11.3. The van der Waals surface area contributed by atoms with Crippen LogP contribution in [0.3, 0.4) is 0 Å². The Bertz CT molecular complexity index is 380. The Hall–Kier alpha value is -1.49. The number of carbonyl (C=O) groups excluding carboxylic acids is 1. The van der Waals surface area contributed by atoms with Crippen molar-refractivity contribution in [3.05, 3.63) is 35.4 Å². The van der Waals surface area contributed by atoms with Gasteiger partial charge in [0, 0.05) is 12.6 Å². The molecule has 0 aliphatic rings. The number of amides is 1. The Kier molecular flexibility index (Phi) is 4.37. The van der Waals surface area contributed by atoms with Crippen LogP contribution in [0, 0.1) is 11.6 Å². The van der Waals surface area contributed by atoms with E-state index in [9.17, 15) is 13.6 Å². The van der Waals surface area contributed by atoms with Gasteiger partial charge < -0.3 is 10.4 Å². The molecule has 0 unspecified atom stereocenters. The fourth-order valence-corrected chi connectivity index (χ4v) is 1.16. The van der Waals surface area contributed by atoms with Gasteiger partial charge in [0.15, 0.2) is 0 Å². The lowest BCUT2D eigenvalue weighted by Crippen LogP contribution is -2.31. The Labute approximate surface area is 92.1 Å². The smallest absolute Gasteiger partial charge is 0.224 e. The quantitative estimate of drug-likeness (QED) is 0.809. The summed E-state index contributed by atoms with van der Waals surface area (Å²) in [6.45, 7) is 1.64. The van der Waals surface area contributed by atoms with Crippen LogP contribution >= 0.6 is 0 Å². The molecule has 2 N–H and O–H groups in total. The highest BCUT2D eigenvalue weighted by molar-refractivity contribution is 5.78. The topological polar surface area (TPSA) is 49.3 Å². The highest BCUT2D eigenvalue weighted by Crippen LogP contribution is 2.09. The van der Waals surface area contributed by atoms with Crippen molar-refractivity contribution in [1.82, 2.24) is 5.32 Å². The molecule has 0 radical (unpaired) electrons. The monoisotopic (exact) mass is 229 g/mol. The molecular formula is C11H13F2NO2. The van der Waals surface area contributed by atoms with Gasteiger partial charge in [-0.1, -0.05) is 6.07 Å². The Morgan fingerprint density at radius 1 is 1.50 bits per heavy atom. The summed E-state index contributed by atoms with van der Waals surface area (Å²) >= 11 is 0. The van der Waals surface area contributed by atoms with E-state index >= 15 is 0 Å². The largest absolute Gasteiger partial charge is 0.392 e. The second-order valence-electron chi connectivity index (χ2n) is 3.57. The van der Waals surface area contributed by atoms with Gasteiger partial charge in [-0.2, -0.15) is 0 Å². The van der Waals surface area contributed by atoms with Crippen LogP contribution in [-0.2, 0) is 11.2 Å². The number of carbonyl (C=O) groups is 1. The summed E-state index contributed by atoms with van der Waals surface area (Å²) in [5.41, 5.74) is 0.129. The minimum Gasteiger partial charge on any atom is -0.392 e. The van der Waals surface area contributed by atoms with Crippen LogP contribution in [0.15, 0.2) is 18.2 Å². The van der Waals surface area contributed by atoms with Crippen molar-refractivity contribution in [2.75, 3.05) is 6.54 Å². The van der Waals surface area contributed by atoms with E-state index in [1.807, 2.05) is 0 Å². The normalized spacial score (nSPS) is 12.2. The fraction of sp³-hybridized carbons (Fsp3) is 0.364. The molecule has 0 aliphatic carbocycles. The fourth-order valence-electron chi connectivity index (χ4n) is 1.16. The third-order valence-corrected chi connectivity index (χ3v) is 1.96. The van der Waals surface area contributed by atoms with Gasteiger partial charge in [0.25, 0.3) is 0 Å². The third-order valence-electron chi connectivity index (χ3n) is 1.96. The summed E-state index contributed by atoms with van der Waals surface area (Å²) in [7, 11) is 0. The van der Waals surface area contributed by atoms with E-state index in [0.717, 1.165) is 12.1 Å². The summed E-state index contributed by atoms with van der Waals surface area (Å²) < 4.78 is 25.7. The lowest BCUT2D eigenvalue weighted by atomic mass is 10.1. The Morgan fingerprint density at radius 2 is 2.19 bits per heavy atom. The second-order valence-corrected chi connectivity index (χ2v) is 3.57. The molecule has 0 saturated heterocycles. The average Bonchev–Trinajstić information content (AvgIpc) is 2.19. The SMILES string of the molecule is C[C@H](O)CNC(=O)Cc1ccc(F)cc1F. The molecule has 16 heavy (non-hydrogen) atoms. The van der Waals surface area contributed by atoms with Crippen molar-refractivity contribution < 1.29 is 18.7 Å². The molecule has 0 saturated carbocycles. The third kappa shape index (κ3) is 3.94. The zero-order chi connectivity index (χ0) is 12.1. The maximum Gasteiger partial charge on any atom is 0.224 e. The zero-order valence-corrected chi connectivity index (χ0v) is 8.84. The summed E-state index contributed by atoms with van der Waals surface area (Å²) in [6, 6.07) is 3.06. The lowest BCUT2D eigenvalue weighted by molar-refractivity contribution is -0.120.